The van der Waals surface area contributed by atoms with Crippen molar-refractivity contribution in [3.63, 3.8) is 0 Å². The molecular weight excluding hydrogens is 457 g/mol. The molecule has 9 heteroatoms. The van der Waals surface area contributed by atoms with E-state index in [0.717, 1.165) is 12.8 Å². The fourth-order valence-corrected chi connectivity index (χ4v) is 4.10. The Morgan fingerprint density at radius 2 is 2.07 bits per heavy atom. The van der Waals surface area contributed by atoms with Gasteiger partial charge >= 0.3 is 5.97 Å². The van der Waals surface area contributed by atoms with E-state index in [4.69, 9.17) is 10.5 Å². The van der Waals surface area contributed by atoms with Crippen LogP contribution in [0.5, 0.6) is 0 Å². The SMILES string of the molecule is Cc1c(Nc2ccc(Br)cc2F)c(C(=O)OCC2CC2)c2n(c1=O)CCC2C(N)=O. The molecule has 0 bridgehead atoms. The van der Waals surface area contributed by atoms with Crippen molar-refractivity contribution in [2.45, 2.75) is 38.6 Å². The lowest BCUT2D eigenvalue weighted by molar-refractivity contribution is -0.119. The summed E-state index contributed by atoms with van der Waals surface area (Å²) < 4.78 is 21.9. The van der Waals surface area contributed by atoms with Gasteiger partial charge in [0.25, 0.3) is 5.56 Å². The Balaban J connectivity index is 1.87. The number of carbonyl (C=O) groups excluding carboxylic acids is 2. The molecule has 1 saturated carbocycles. The van der Waals surface area contributed by atoms with Crippen molar-refractivity contribution in [3.05, 3.63) is 55.7 Å². The molecule has 1 unspecified atom stereocenters. The van der Waals surface area contributed by atoms with E-state index in [1.807, 2.05) is 0 Å². The van der Waals surface area contributed by atoms with E-state index >= 15 is 0 Å². The molecule has 1 atom stereocenters. The summed E-state index contributed by atoms with van der Waals surface area (Å²) in [5, 5.41) is 2.89. The van der Waals surface area contributed by atoms with Gasteiger partial charge in [-0.15, -0.1) is 0 Å². The van der Waals surface area contributed by atoms with Crippen molar-refractivity contribution < 1.29 is 18.7 Å². The smallest absolute Gasteiger partial charge is 0.342 e. The summed E-state index contributed by atoms with van der Waals surface area (Å²) in [7, 11) is 0. The Labute approximate surface area is 180 Å². The van der Waals surface area contributed by atoms with Gasteiger partial charge in [0.05, 0.1) is 29.6 Å². The zero-order valence-corrected chi connectivity index (χ0v) is 17.9. The van der Waals surface area contributed by atoms with Gasteiger partial charge < -0.3 is 20.4 Å². The Morgan fingerprint density at radius 1 is 1.33 bits per heavy atom. The van der Waals surface area contributed by atoms with E-state index in [2.05, 4.69) is 21.2 Å². The van der Waals surface area contributed by atoms with Crippen molar-refractivity contribution in [2.24, 2.45) is 11.7 Å². The molecule has 3 N–H and O–H groups in total. The highest BCUT2D eigenvalue weighted by Crippen LogP contribution is 2.37. The second-order valence-corrected chi connectivity index (χ2v) is 8.67. The van der Waals surface area contributed by atoms with E-state index in [0.29, 0.717) is 16.8 Å². The predicted octanol–water partition coefficient (Wildman–Crippen LogP) is 3.34. The molecule has 158 valence electrons. The molecule has 0 saturated heterocycles. The second-order valence-electron chi connectivity index (χ2n) is 7.75. The average molecular weight is 478 g/mol. The molecule has 1 fully saturated rings. The van der Waals surface area contributed by atoms with Gasteiger partial charge in [-0.1, -0.05) is 15.9 Å². The first-order chi connectivity index (χ1) is 14.3. The lowest BCUT2D eigenvalue weighted by Crippen LogP contribution is -2.30. The summed E-state index contributed by atoms with van der Waals surface area (Å²) in [6.45, 7) is 2.10. The molecule has 7 nitrogen and oxygen atoms in total. The normalized spacial score (nSPS) is 17.5. The highest BCUT2D eigenvalue weighted by molar-refractivity contribution is 9.10. The van der Waals surface area contributed by atoms with Crippen LogP contribution in [0.3, 0.4) is 0 Å². The summed E-state index contributed by atoms with van der Waals surface area (Å²) in [4.78, 5) is 38.1. The first-order valence-corrected chi connectivity index (χ1v) is 10.5. The van der Waals surface area contributed by atoms with Crippen LogP contribution >= 0.6 is 15.9 Å². The van der Waals surface area contributed by atoms with Gasteiger partial charge in [0.1, 0.15) is 11.4 Å². The molecular formula is C21H21BrFN3O4. The standard InChI is InChI=1S/C21H21BrFN3O4/c1-10-17(25-15-5-4-12(22)8-14(15)23)16(21(29)30-9-11-2-3-11)18-13(19(24)27)6-7-26(18)20(10)28/h4-5,8,11,13,25H,2-3,6-7,9H2,1H3,(H2,24,27). The highest BCUT2D eigenvalue weighted by atomic mass is 79.9. The molecule has 2 aliphatic rings. The number of nitrogens with one attached hydrogen (secondary N) is 1. The maximum atomic E-state index is 14.5. The number of anilines is 2. The first-order valence-electron chi connectivity index (χ1n) is 9.73. The van der Waals surface area contributed by atoms with Crippen molar-refractivity contribution in [3.8, 4) is 0 Å². The quantitative estimate of drug-likeness (QED) is 0.620. The summed E-state index contributed by atoms with van der Waals surface area (Å²) in [6, 6.07) is 4.40. The molecule has 1 aromatic carbocycles. The number of primary amides is 1. The molecule has 0 radical (unpaired) electrons. The van der Waals surface area contributed by atoms with Crippen LogP contribution in [0, 0.1) is 18.7 Å². The number of rotatable bonds is 6. The molecule has 1 aliphatic heterocycles. The third-order valence-electron chi connectivity index (χ3n) is 5.59. The third-order valence-corrected chi connectivity index (χ3v) is 6.09. The Morgan fingerprint density at radius 3 is 2.70 bits per heavy atom. The van der Waals surface area contributed by atoms with Crippen LogP contribution in [0.1, 0.15) is 46.8 Å². The average Bonchev–Trinajstić information content (AvgIpc) is 3.42. The van der Waals surface area contributed by atoms with E-state index in [1.165, 1.54) is 16.7 Å². The number of pyridine rings is 1. The second kappa shape index (κ2) is 7.86. The molecule has 1 aromatic heterocycles. The van der Waals surface area contributed by atoms with Crippen molar-refractivity contribution in [1.82, 2.24) is 4.57 Å². The molecule has 2 heterocycles. The topological polar surface area (TPSA) is 103 Å². The number of nitrogens with two attached hydrogens (primary N) is 1. The Bertz CT molecular complexity index is 1110. The third kappa shape index (κ3) is 3.74. The van der Waals surface area contributed by atoms with Crippen LogP contribution in [0.2, 0.25) is 0 Å². The lowest BCUT2D eigenvalue weighted by Gasteiger charge is -2.20. The number of aromatic nitrogens is 1. The van der Waals surface area contributed by atoms with Gasteiger partial charge in [-0.3, -0.25) is 9.59 Å². The van der Waals surface area contributed by atoms with Gasteiger partial charge in [-0.25, -0.2) is 9.18 Å². The van der Waals surface area contributed by atoms with E-state index in [9.17, 15) is 18.8 Å². The monoisotopic (exact) mass is 477 g/mol. The van der Waals surface area contributed by atoms with Gasteiger partial charge in [-0.05, 0) is 50.3 Å². The molecule has 0 spiro atoms. The van der Waals surface area contributed by atoms with Gasteiger partial charge in [0, 0.05) is 16.6 Å². The Kier molecular flexibility index (Phi) is 5.40. The number of fused-ring (bicyclic) bond motifs is 1. The zero-order chi connectivity index (χ0) is 21.6. The van der Waals surface area contributed by atoms with E-state index in [-0.39, 0.29) is 46.9 Å². The highest BCUT2D eigenvalue weighted by Gasteiger charge is 2.37. The Hall–Kier alpha value is -2.68. The van der Waals surface area contributed by atoms with Crippen LogP contribution in [0.15, 0.2) is 27.5 Å². The summed E-state index contributed by atoms with van der Waals surface area (Å²) in [5.41, 5.74) is 5.97. The number of esters is 1. The van der Waals surface area contributed by atoms with Crippen LogP contribution in [0.25, 0.3) is 0 Å². The molecule has 1 amide bonds. The number of hydrogen-bond donors (Lipinski definition) is 2. The number of halogens is 2. The summed E-state index contributed by atoms with van der Waals surface area (Å²) in [5.74, 6) is -2.30. The minimum Gasteiger partial charge on any atom is -0.462 e. The zero-order valence-electron chi connectivity index (χ0n) is 16.3. The van der Waals surface area contributed by atoms with Gasteiger partial charge in [0.2, 0.25) is 5.91 Å². The number of amides is 1. The molecule has 1 aliphatic carbocycles. The number of hydrogen-bond acceptors (Lipinski definition) is 5. The summed E-state index contributed by atoms with van der Waals surface area (Å²) >= 11 is 3.20. The molecule has 4 rings (SSSR count). The number of carbonyl (C=O) groups is 2. The van der Waals surface area contributed by atoms with Gasteiger partial charge in [-0.2, -0.15) is 0 Å². The lowest BCUT2D eigenvalue weighted by atomic mass is 9.96. The van der Waals surface area contributed by atoms with Crippen LogP contribution in [-0.4, -0.2) is 23.1 Å². The predicted molar refractivity (Wildman–Crippen MR) is 112 cm³/mol. The maximum absolute atomic E-state index is 14.5. The number of ether oxygens (including phenoxy) is 1. The fraction of sp³-hybridized carbons (Fsp3) is 0.381. The molecule has 2 aromatic rings. The van der Waals surface area contributed by atoms with Gasteiger partial charge in [0.15, 0.2) is 0 Å². The largest absolute Gasteiger partial charge is 0.462 e. The number of benzene rings is 1. The first kappa shape index (κ1) is 20.6. The minimum atomic E-state index is -0.794. The number of nitrogens with zero attached hydrogens (tertiary/aromatic N) is 1. The molecule has 30 heavy (non-hydrogen) atoms. The van der Waals surface area contributed by atoms with Crippen molar-refractivity contribution >= 4 is 39.2 Å². The fourth-order valence-electron chi connectivity index (χ4n) is 3.76. The minimum absolute atomic E-state index is 0.0661. The summed E-state index contributed by atoms with van der Waals surface area (Å²) in [6.07, 6.45) is 2.32. The van der Waals surface area contributed by atoms with E-state index in [1.54, 1.807) is 13.0 Å². The van der Waals surface area contributed by atoms with Crippen LogP contribution < -0.4 is 16.6 Å². The van der Waals surface area contributed by atoms with Crippen molar-refractivity contribution in [1.29, 1.82) is 0 Å². The van der Waals surface area contributed by atoms with Crippen LogP contribution in [0.4, 0.5) is 15.8 Å². The van der Waals surface area contributed by atoms with Crippen molar-refractivity contribution in [2.75, 3.05) is 11.9 Å². The van der Waals surface area contributed by atoms with E-state index < -0.39 is 23.6 Å². The maximum Gasteiger partial charge on any atom is 0.342 e. The van der Waals surface area contributed by atoms with Crippen LogP contribution in [-0.2, 0) is 16.1 Å².